The Morgan fingerprint density at radius 2 is 1.29 bits per heavy atom. The molecule has 0 amide bonds. The Labute approximate surface area is 184 Å². The fourth-order valence-electron chi connectivity index (χ4n) is 3.77. The Balaban J connectivity index is 1.91. The summed E-state index contributed by atoms with van der Waals surface area (Å²) in [5.74, 6) is -2.44. The molecule has 3 nitrogen and oxygen atoms in total. The van der Waals surface area contributed by atoms with Crippen LogP contribution >= 0.6 is 11.6 Å². The van der Waals surface area contributed by atoms with Crippen molar-refractivity contribution in [3.05, 3.63) is 96.1 Å². The Morgan fingerprint density at radius 1 is 0.839 bits per heavy atom. The Bertz CT molecular complexity index is 1190. The lowest BCUT2D eigenvalue weighted by atomic mass is 9.92. The van der Waals surface area contributed by atoms with Crippen LogP contribution in [-0.4, -0.2) is 16.9 Å². The molecule has 0 unspecified atom stereocenters. The van der Waals surface area contributed by atoms with Gasteiger partial charge in [-0.3, -0.25) is 4.79 Å². The summed E-state index contributed by atoms with van der Waals surface area (Å²) >= 11 is 5.70. The number of alkyl halides is 2. The van der Waals surface area contributed by atoms with Gasteiger partial charge in [0, 0.05) is 17.5 Å². The first-order valence-electron chi connectivity index (χ1n) is 10.0. The molecule has 0 saturated carbocycles. The van der Waals surface area contributed by atoms with Gasteiger partial charge < -0.3 is 4.74 Å². The number of halogens is 2. The highest BCUT2D eigenvalue weighted by atomic mass is 35.5. The minimum absolute atomic E-state index is 0.220. The molecule has 0 heterocycles. The lowest BCUT2D eigenvalue weighted by Crippen LogP contribution is -2.38. The van der Waals surface area contributed by atoms with Crippen LogP contribution in [-0.2, 0) is 14.3 Å². The van der Waals surface area contributed by atoms with Gasteiger partial charge in [-0.2, -0.15) is 0 Å². The number of carbonyl (C=O) groups is 2. The molecule has 0 radical (unpaired) electrons. The van der Waals surface area contributed by atoms with E-state index in [0.29, 0.717) is 11.1 Å². The van der Waals surface area contributed by atoms with Crippen molar-refractivity contribution in [1.29, 1.82) is 0 Å². The summed E-state index contributed by atoms with van der Waals surface area (Å²) in [6.45, 7) is 1.44. The SMILES string of the molecule is CCC(=O)[C@@](F)(Cl)C(=O)OC(c1cccc2ccccc12)c1cccc2ccccc12. The predicted molar refractivity (Wildman–Crippen MR) is 121 cm³/mol. The van der Waals surface area contributed by atoms with Gasteiger partial charge in [0.25, 0.3) is 0 Å². The number of carbonyl (C=O) groups excluding carboxylic acids is 2. The standard InChI is InChI=1S/C26H20ClFO3/c1-2-23(29)26(27,28)25(30)31-24(21-15-7-11-17-9-3-5-13-19(17)21)22-16-8-12-18-10-4-6-14-20(18)22/h3-16,24H,2H2,1H3/t26-/m0/s1. The van der Waals surface area contributed by atoms with Crippen molar-refractivity contribution in [3.8, 4) is 0 Å². The zero-order valence-corrected chi connectivity index (χ0v) is 17.6. The fraction of sp³-hybridized carbons (Fsp3) is 0.154. The van der Waals surface area contributed by atoms with Crippen LogP contribution < -0.4 is 0 Å². The number of esters is 1. The summed E-state index contributed by atoms with van der Waals surface area (Å²) in [6.07, 6.45) is -1.18. The number of Topliss-reactive ketones (excluding diaryl/α,β-unsaturated/α-hetero) is 1. The van der Waals surface area contributed by atoms with Gasteiger partial charge in [0.1, 0.15) is 0 Å². The van der Waals surface area contributed by atoms with Crippen molar-refractivity contribution in [2.75, 3.05) is 0 Å². The first-order chi connectivity index (χ1) is 14.9. The van der Waals surface area contributed by atoms with Gasteiger partial charge >= 0.3 is 11.1 Å². The van der Waals surface area contributed by atoms with Gasteiger partial charge in [-0.05, 0) is 21.5 Å². The number of rotatable bonds is 6. The van der Waals surface area contributed by atoms with E-state index in [0.717, 1.165) is 21.5 Å². The zero-order valence-electron chi connectivity index (χ0n) is 16.8. The minimum atomic E-state index is -3.23. The molecule has 0 fully saturated rings. The molecule has 1 atom stereocenters. The van der Waals surface area contributed by atoms with Crippen LogP contribution in [0.5, 0.6) is 0 Å². The van der Waals surface area contributed by atoms with Crippen molar-refractivity contribution in [2.45, 2.75) is 24.6 Å². The first kappa shape index (κ1) is 21.0. The third-order valence-electron chi connectivity index (χ3n) is 5.36. The second-order valence-electron chi connectivity index (χ2n) is 7.27. The molecule has 0 aliphatic heterocycles. The summed E-state index contributed by atoms with van der Waals surface area (Å²) in [4.78, 5) is 24.7. The third-order valence-corrected chi connectivity index (χ3v) is 5.73. The molecule has 0 aliphatic rings. The summed E-state index contributed by atoms with van der Waals surface area (Å²) < 4.78 is 20.5. The molecule has 0 aromatic heterocycles. The van der Waals surface area contributed by atoms with E-state index in [1.54, 1.807) is 0 Å². The second-order valence-corrected chi connectivity index (χ2v) is 7.79. The van der Waals surface area contributed by atoms with E-state index in [2.05, 4.69) is 0 Å². The maximum Gasteiger partial charge on any atom is 0.368 e. The van der Waals surface area contributed by atoms with Crippen LogP contribution in [0.15, 0.2) is 84.9 Å². The van der Waals surface area contributed by atoms with E-state index in [1.165, 1.54) is 6.92 Å². The summed E-state index contributed by atoms with van der Waals surface area (Å²) in [5, 5.41) is 0.377. The average molecular weight is 435 g/mol. The fourth-order valence-corrected chi connectivity index (χ4v) is 3.95. The van der Waals surface area contributed by atoms with Crippen LogP contribution in [0.1, 0.15) is 30.6 Å². The summed E-state index contributed by atoms with van der Waals surface area (Å²) in [5.41, 5.74) is 1.36. The molecule has 0 spiro atoms. The van der Waals surface area contributed by atoms with E-state index >= 15 is 0 Å². The van der Waals surface area contributed by atoms with E-state index in [-0.39, 0.29) is 6.42 Å². The molecule has 156 valence electrons. The maximum atomic E-state index is 14.8. The van der Waals surface area contributed by atoms with Crippen molar-refractivity contribution in [3.63, 3.8) is 0 Å². The van der Waals surface area contributed by atoms with Gasteiger partial charge in [-0.15, -0.1) is 0 Å². The quantitative estimate of drug-likeness (QED) is 0.197. The van der Waals surface area contributed by atoms with Gasteiger partial charge in [-0.1, -0.05) is 103 Å². The van der Waals surface area contributed by atoms with Gasteiger partial charge in [0.15, 0.2) is 11.9 Å². The topological polar surface area (TPSA) is 43.4 Å². The van der Waals surface area contributed by atoms with Crippen LogP contribution in [0.4, 0.5) is 4.39 Å². The van der Waals surface area contributed by atoms with Crippen molar-refractivity contribution >= 4 is 44.9 Å². The number of benzene rings is 4. The van der Waals surface area contributed by atoms with Gasteiger partial charge in [0.2, 0.25) is 0 Å². The number of ether oxygens (including phenoxy) is 1. The molecule has 4 rings (SSSR count). The van der Waals surface area contributed by atoms with Crippen molar-refractivity contribution in [2.24, 2.45) is 0 Å². The second kappa shape index (κ2) is 8.48. The van der Waals surface area contributed by atoms with Crippen LogP contribution in [0.25, 0.3) is 21.5 Å². The Morgan fingerprint density at radius 3 is 1.77 bits per heavy atom. The van der Waals surface area contributed by atoms with Gasteiger partial charge in [-0.25, -0.2) is 9.18 Å². The molecule has 4 aromatic carbocycles. The zero-order chi connectivity index (χ0) is 22.0. The van der Waals surface area contributed by atoms with E-state index in [1.807, 2.05) is 84.9 Å². The number of hydrogen-bond donors (Lipinski definition) is 0. The third kappa shape index (κ3) is 3.91. The molecule has 4 aromatic rings. The highest BCUT2D eigenvalue weighted by Gasteiger charge is 2.46. The molecule has 31 heavy (non-hydrogen) atoms. The lowest BCUT2D eigenvalue weighted by Gasteiger charge is -2.24. The summed E-state index contributed by atoms with van der Waals surface area (Å²) in [6, 6.07) is 26.6. The van der Waals surface area contributed by atoms with Gasteiger partial charge in [0.05, 0.1) is 0 Å². The molecular weight excluding hydrogens is 415 g/mol. The van der Waals surface area contributed by atoms with Crippen LogP contribution in [0.3, 0.4) is 0 Å². The van der Waals surface area contributed by atoms with Crippen molar-refractivity contribution < 1.29 is 18.7 Å². The first-order valence-corrected chi connectivity index (χ1v) is 10.4. The molecule has 0 saturated heterocycles. The largest absolute Gasteiger partial charge is 0.449 e. The minimum Gasteiger partial charge on any atom is -0.449 e. The van der Waals surface area contributed by atoms with E-state index < -0.39 is 23.0 Å². The highest BCUT2D eigenvalue weighted by molar-refractivity contribution is 6.44. The summed E-state index contributed by atoms with van der Waals surface area (Å²) in [7, 11) is 0. The van der Waals surface area contributed by atoms with E-state index in [4.69, 9.17) is 16.3 Å². The molecule has 0 bridgehead atoms. The van der Waals surface area contributed by atoms with E-state index in [9.17, 15) is 14.0 Å². The number of fused-ring (bicyclic) bond motifs is 2. The predicted octanol–water partition coefficient (Wildman–Crippen LogP) is 6.51. The molecular formula is C26H20ClFO3. The number of ketones is 1. The maximum absolute atomic E-state index is 14.8. The average Bonchev–Trinajstić information content (AvgIpc) is 2.81. The normalized spacial score (nSPS) is 13.3. The monoisotopic (exact) mass is 434 g/mol. The lowest BCUT2D eigenvalue weighted by molar-refractivity contribution is -0.159. The van der Waals surface area contributed by atoms with Crippen molar-refractivity contribution in [1.82, 2.24) is 0 Å². The molecule has 0 N–H and O–H groups in total. The Hall–Kier alpha value is -3.24. The number of hydrogen-bond acceptors (Lipinski definition) is 3. The van der Waals surface area contributed by atoms with Crippen LogP contribution in [0, 0.1) is 0 Å². The molecule has 0 aliphatic carbocycles. The highest BCUT2D eigenvalue weighted by Crippen LogP contribution is 2.37. The Kier molecular flexibility index (Phi) is 5.75. The van der Waals surface area contributed by atoms with Crippen LogP contribution in [0.2, 0.25) is 0 Å². The molecule has 5 heteroatoms. The smallest absolute Gasteiger partial charge is 0.368 e.